The topological polar surface area (TPSA) is 58.4 Å². The maximum absolute atomic E-state index is 11.7. The van der Waals surface area contributed by atoms with Crippen molar-refractivity contribution in [1.82, 2.24) is 10.2 Å². The van der Waals surface area contributed by atoms with Crippen LogP contribution in [0.25, 0.3) is 0 Å². The van der Waals surface area contributed by atoms with Gasteiger partial charge in [-0.3, -0.25) is 0 Å². The number of carbonyl (C=O) groups excluding carboxylic acids is 1. The van der Waals surface area contributed by atoms with Gasteiger partial charge in [0.2, 0.25) is 0 Å². The molecule has 3 N–H and O–H groups in total. The van der Waals surface area contributed by atoms with E-state index < -0.39 is 0 Å². The summed E-state index contributed by atoms with van der Waals surface area (Å²) in [7, 11) is 0. The summed E-state index contributed by atoms with van der Waals surface area (Å²) >= 11 is 0. The third kappa shape index (κ3) is 3.38. The van der Waals surface area contributed by atoms with Crippen molar-refractivity contribution in [3.8, 4) is 0 Å². The van der Waals surface area contributed by atoms with Crippen LogP contribution in [0.1, 0.15) is 39.5 Å². The lowest BCUT2D eigenvalue weighted by atomic mass is 9.91. The third-order valence-corrected chi connectivity index (χ3v) is 3.11. The molecule has 1 rings (SSSR count). The van der Waals surface area contributed by atoms with Crippen LogP contribution in [-0.4, -0.2) is 36.1 Å². The van der Waals surface area contributed by atoms with Gasteiger partial charge in [-0.15, -0.1) is 0 Å². The normalized spacial score (nSPS) is 26.1. The highest BCUT2D eigenvalue weighted by atomic mass is 16.2. The number of nitrogens with two attached hydrogens (primary N) is 1. The Labute approximate surface area is 92.2 Å². The van der Waals surface area contributed by atoms with Crippen molar-refractivity contribution in [2.45, 2.75) is 51.6 Å². The monoisotopic (exact) mass is 213 g/mol. The highest BCUT2D eigenvalue weighted by Crippen LogP contribution is 2.21. The molecule has 0 aromatic heterocycles. The quantitative estimate of drug-likeness (QED) is 0.742. The van der Waals surface area contributed by atoms with E-state index in [1.807, 2.05) is 18.7 Å². The fourth-order valence-electron chi connectivity index (χ4n) is 2.23. The Balaban J connectivity index is 2.47. The van der Waals surface area contributed by atoms with Gasteiger partial charge in [0, 0.05) is 25.2 Å². The van der Waals surface area contributed by atoms with Crippen molar-refractivity contribution in [3.63, 3.8) is 0 Å². The van der Waals surface area contributed by atoms with Crippen LogP contribution >= 0.6 is 0 Å². The molecular weight excluding hydrogens is 190 g/mol. The van der Waals surface area contributed by atoms with Gasteiger partial charge in [0.05, 0.1) is 0 Å². The maximum atomic E-state index is 11.7. The Morgan fingerprint density at radius 1 is 1.33 bits per heavy atom. The zero-order chi connectivity index (χ0) is 11.3. The number of hydrogen-bond acceptors (Lipinski definition) is 2. The van der Waals surface area contributed by atoms with Crippen molar-refractivity contribution < 1.29 is 4.79 Å². The van der Waals surface area contributed by atoms with Crippen molar-refractivity contribution in [2.75, 3.05) is 13.1 Å². The first kappa shape index (κ1) is 12.3. The van der Waals surface area contributed by atoms with E-state index in [1.165, 1.54) is 0 Å². The molecule has 0 radical (unpaired) electrons. The van der Waals surface area contributed by atoms with Gasteiger partial charge in [0.15, 0.2) is 0 Å². The molecule has 1 fully saturated rings. The Kier molecular flexibility index (Phi) is 4.88. The highest BCUT2D eigenvalue weighted by molar-refractivity contribution is 5.74. The molecule has 1 aliphatic carbocycles. The molecule has 4 nitrogen and oxygen atoms in total. The van der Waals surface area contributed by atoms with Crippen molar-refractivity contribution in [3.05, 3.63) is 0 Å². The lowest BCUT2D eigenvalue weighted by Crippen LogP contribution is -2.48. The molecule has 0 bridgehead atoms. The molecule has 0 aromatic carbocycles. The van der Waals surface area contributed by atoms with Crippen LogP contribution in [0.5, 0.6) is 0 Å². The van der Waals surface area contributed by atoms with Gasteiger partial charge >= 0.3 is 6.03 Å². The summed E-state index contributed by atoms with van der Waals surface area (Å²) in [6, 6.07) is 0.802. The summed E-state index contributed by atoms with van der Waals surface area (Å²) in [5, 5.41) is 2.86. The lowest BCUT2D eigenvalue weighted by molar-refractivity contribution is 0.156. The smallest absolute Gasteiger partial charge is 0.317 e. The number of urea groups is 1. The molecule has 0 atom stereocenters. The van der Waals surface area contributed by atoms with Gasteiger partial charge in [0.1, 0.15) is 0 Å². The predicted molar refractivity (Wildman–Crippen MR) is 61.7 cm³/mol. The van der Waals surface area contributed by atoms with Crippen LogP contribution < -0.4 is 11.1 Å². The van der Waals surface area contributed by atoms with Crippen LogP contribution in [0.15, 0.2) is 0 Å². The first-order chi connectivity index (χ1) is 7.19. The number of hydrogen-bond donors (Lipinski definition) is 2. The van der Waals surface area contributed by atoms with Gasteiger partial charge in [-0.2, -0.15) is 0 Å². The fraction of sp³-hybridized carbons (Fsp3) is 0.909. The Morgan fingerprint density at radius 2 is 1.93 bits per heavy atom. The van der Waals surface area contributed by atoms with Crippen molar-refractivity contribution in [1.29, 1.82) is 0 Å². The number of nitrogens with zero attached hydrogens (tertiary/aromatic N) is 1. The third-order valence-electron chi connectivity index (χ3n) is 3.11. The molecule has 0 heterocycles. The van der Waals surface area contributed by atoms with E-state index in [9.17, 15) is 4.79 Å². The zero-order valence-corrected chi connectivity index (χ0v) is 9.83. The van der Waals surface area contributed by atoms with E-state index in [4.69, 9.17) is 5.73 Å². The molecule has 1 aliphatic rings. The minimum atomic E-state index is 0.0699. The SMILES string of the molecule is CCNC(=O)N(CC)C1CCC(N)CC1. The average molecular weight is 213 g/mol. The number of carbonyl (C=O) groups is 1. The molecule has 0 spiro atoms. The second-order valence-electron chi connectivity index (χ2n) is 4.19. The standard InChI is InChI=1S/C11H23N3O/c1-3-13-11(15)14(4-2)10-7-5-9(12)6-8-10/h9-10H,3-8,12H2,1-2H3,(H,13,15). The highest BCUT2D eigenvalue weighted by Gasteiger charge is 2.26. The summed E-state index contributed by atoms with van der Waals surface area (Å²) in [5.41, 5.74) is 5.85. The van der Waals surface area contributed by atoms with Gasteiger partial charge in [-0.25, -0.2) is 4.79 Å². The summed E-state index contributed by atoms with van der Waals surface area (Å²) in [5.74, 6) is 0. The zero-order valence-electron chi connectivity index (χ0n) is 9.83. The summed E-state index contributed by atoms with van der Waals surface area (Å²) in [6.45, 7) is 5.46. The number of amides is 2. The van der Waals surface area contributed by atoms with Crippen LogP contribution in [0.3, 0.4) is 0 Å². The number of rotatable bonds is 3. The van der Waals surface area contributed by atoms with Crippen LogP contribution in [0, 0.1) is 0 Å². The Hall–Kier alpha value is -0.770. The minimum absolute atomic E-state index is 0.0699. The average Bonchev–Trinajstić information content (AvgIpc) is 2.22. The van der Waals surface area contributed by atoms with Crippen LogP contribution in [0.2, 0.25) is 0 Å². The first-order valence-corrected chi connectivity index (χ1v) is 5.99. The number of nitrogens with one attached hydrogen (secondary N) is 1. The van der Waals surface area contributed by atoms with E-state index >= 15 is 0 Å². The van der Waals surface area contributed by atoms with Gasteiger partial charge in [-0.05, 0) is 39.5 Å². The van der Waals surface area contributed by atoms with Crippen LogP contribution in [-0.2, 0) is 0 Å². The van der Waals surface area contributed by atoms with Crippen molar-refractivity contribution in [2.24, 2.45) is 5.73 Å². The van der Waals surface area contributed by atoms with Gasteiger partial charge in [0.25, 0.3) is 0 Å². The fourth-order valence-corrected chi connectivity index (χ4v) is 2.23. The minimum Gasteiger partial charge on any atom is -0.338 e. The van der Waals surface area contributed by atoms with E-state index in [0.717, 1.165) is 32.2 Å². The molecule has 4 heteroatoms. The molecular formula is C11H23N3O. The van der Waals surface area contributed by atoms with Gasteiger partial charge < -0.3 is 16.0 Å². The molecule has 0 aromatic rings. The van der Waals surface area contributed by atoms with Gasteiger partial charge in [-0.1, -0.05) is 0 Å². The molecule has 0 saturated heterocycles. The molecule has 1 saturated carbocycles. The Bertz CT molecular complexity index is 200. The van der Waals surface area contributed by atoms with E-state index in [1.54, 1.807) is 0 Å². The lowest BCUT2D eigenvalue weighted by Gasteiger charge is -2.35. The second-order valence-corrected chi connectivity index (χ2v) is 4.19. The molecule has 15 heavy (non-hydrogen) atoms. The van der Waals surface area contributed by atoms with E-state index in [-0.39, 0.29) is 6.03 Å². The summed E-state index contributed by atoms with van der Waals surface area (Å²) in [6.07, 6.45) is 4.18. The molecule has 0 aliphatic heterocycles. The van der Waals surface area contributed by atoms with E-state index in [0.29, 0.717) is 18.6 Å². The largest absolute Gasteiger partial charge is 0.338 e. The summed E-state index contributed by atoms with van der Waals surface area (Å²) < 4.78 is 0. The van der Waals surface area contributed by atoms with E-state index in [2.05, 4.69) is 5.32 Å². The molecule has 88 valence electrons. The predicted octanol–water partition coefficient (Wildman–Crippen LogP) is 1.31. The maximum Gasteiger partial charge on any atom is 0.317 e. The van der Waals surface area contributed by atoms with Crippen molar-refractivity contribution >= 4 is 6.03 Å². The Morgan fingerprint density at radius 3 is 2.40 bits per heavy atom. The second kappa shape index (κ2) is 5.95. The molecule has 2 amide bonds. The molecule has 0 unspecified atom stereocenters. The summed E-state index contributed by atoms with van der Waals surface area (Å²) in [4.78, 5) is 13.7. The first-order valence-electron chi connectivity index (χ1n) is 5.99. The van der Waals surface area contributed by atoms with Crippen LogP contribution in [0.4, 0.5) is 4.79 Å².